The Bertz CT molecular complexity index is 587. The first-order valence-corrected chi connectivity index (χ1v) is 8.79. The number of hydrogen-bond acceptors (Lipinski definition) is 2. The van der Waals surface area contributed by atoms with Crippen molar-refractivity contribution in [2.75, 3.05) is 6.61 Å². The number of pyridine rings is 1. The number of unbranched alkanes of at least 4 members (excludes halogenated alkanes) is 1. The molecule has 2 nitrogen and oxygen atoms in total. The molecule has 2 aromatic rings. The van der Waals surface area contributed by atoms with Crippen molar-refractivity contribution < 1.29 is 4.74 Å². The molecule has 1 fully saturated rings. The van der Waals surface area contributed by atoms with Crippen LogP contribution < -0.4 is 4.74 Å². The van der Waals surface area contributed by atoms with Crippen molar-refractivity contribution in [3.8, 4) is 5.75 Å². The third-order valence-corrected chi connectivity index (χ3v) is 4.99. The summed E-state index contributed by atoms with van der Waals surface area (Å²) < 4.78 is 5.89. The van der Waals surface area contributed by atoms with Crippen LogP contribution >= 0.6 is 0 Å². The summed E-state index contributed by atoms with van der Waals surface area (Å²) >= 11 is 0. The number of hydrogen-bond donors (Lipinski definition) is 0. The van der Waals surface area contributed by atoms with Gasteiger partial charge < -0.3 is 4.74 Å². The Balaban J connectivity index is 1.37. The van der Waals surface area contributed by atoms with Crippen molar-refractivity contribution in [1.29, 1.82) is 0 Å². The number of fused-ring (bicyclic) bond motifs is 1. The van der Waals surface area contributed by atoms with Crippen molar-refractivity contribution in [2.24, 2.45) is 11.8 Å². The lowest BCUT2D eigenvalue weighted by molar-refractivity contribution is 0.257. The smallest absolute Gasteiger partial charge is 0.120 e. The van der Waals surface area contributed by atoms with Crippen molar-refractivity contribution >= 4 is 10.9 Å². The van der Waals surface area contributed by atoms with Crippen LogP contribution in [-0.4, -0.2) is 11.6 Å². The van der Waals surface area contributed by atoms with Crippen molar-refractivity contribution in [3.63, 3.8) is 0 Å². The maximum absolute atomic E-state index is 5.89. The van der Waals surface area contributed by atoms with E-state index in [-0.39, 0.29) is 0 Å². The van der Waals surface area contributed by atoms with E-state index < -0.39 is 0 Å². The molecule has 0 saturated heterocycles. The molecule has 1 aliphatic carbocycles. The van der Waals surface area contributed by atoms with Crippen molar-refractivity contribution in [3.05, 3.63) is 36.5 Å². The summed E-state index contributed by atoms with van der Waals surface area (Å²) in [5.74, 6) is 2.90. The van der Waals surface area contributed by atoms with Gasteiger partial charge in [0, 0.05) is 11.6 Å². The summed E-state index contributed by atoms with van der Waals surface area (Å²) in [5.41, 5.74) is 1.03. The fourth-order valence-corrected chi connectivity index (χ4v) is 3.49. The summed E-state index contributed by atoms with van der Waals surface area (Å²) in [7, 11) is 0. The lowest BCUT2D eigenvalue weighted by Crippen LogP contribution is -2.12. The monoisotopic (exact) mass is 297 g/mol. The Morgan fingerprint density at radius 3 is 2.82 bits per heavy atom. The SMILES string of the molecule is CC1CCC(CCCCOc2ccc3ncccc3c2)CC1. The molecule has 1 aromatic carbocycles. The number of nitrogens with zero attached hydrogens (tertiary/aromatic N) is 1. The number of aromatic nitrogens is 1. The van der Waals surface area contributed by atoms with E-state index in [1.165, 1.54) is 38.5 Å². The van der Waals surface area contributed by atoms with Crippen LogP contribution in [0.2, 0.25) is 0 Å². The van der Waals surface area contributed by atoms with Gasteiger partial charge in [-0.2, -0.15) is 0 Å². The molecule has 0 spiro atoms. The highest BCUT2D eigenvalue weighted by Gasteiger charge is 2.17. The van der Waals surface area contributed by atoms with Crippen LogP contribution in [0.4, 0.5) is 0 Å². The molecule has 0 aliphatic heterocycles. The number of rotatable bonds is 6. The predicted octanol–water partition coefficient (Wildman–Crippen LogP) is 5.61. The van der Waals surface area contributed by atoms with E-state index in [0.717, 1.165) is 41.5 Å². The first-order valence-electron chi connectivity index (χ1n) is 8.79. The van der Waals surface area contributed by atoms with E-state index in [2.05, 4.69) is 24.0 Å². The van der Waals surface area contributed by atoms with Gasteiger partial charge in [-0.3, -0.25) is 4.98 Å². The van der Waals surface area contributed by atoms with Gasteiger partial charge in [0.15, 0.2) is 0 Å². The van der Waals surface area contributed by atoms with E-state index in [1.54, 1.807) is 0 Å². The van der Waals surface area contributed by atoms with E-state index in [9.17, 15) is 0 Å². The molecule has 1 aliphatic rings. The fraction of sp³-hybridized carbons (Fsp3) is 0.550. The molecule has 2 heteroatoms. The minimum Gasteiger partial charge on any atom is -0.494 e. The van der Waals surface area contributed by atoms with E-state index in [0.29, 0.717) is 0 Å². The first kappa shape index (κ1) is 15.3. The van der Waals surface area contributed by atoms with E-state index >= 15 is 0 Å². The second-order valence-electron chi connectivity index (χ2n) is 6.83. The van der Waals surface area contributed by atoms with Crippen molar-refractivity contribution in [1.82, 2.24) is 4.98 Å². The fourth-order valence-electron chi connectivity index (χ4n) is 3.49. The minimum atomic E-state index is 0.828. The van der Waals surface area contributed by atoms with Gasteiger partial charge >= 0.3 is 0 Å². The normalized spacial score (nSPS) is 21.9. The van der Waals surface area contributed by atoms with Gasteiger partial charge in [-0.05, 0) is 48.9 Å². The zero-order chi connectivity index (χ0) is 15.2. The van der Waals surface area contributed by atoms with Crippen LogP contribution in [0.25, 0.3) is 10.9 Å². The topological polar surface area (TPSA) is 22.1 Å². The van der Waals surface area contributed by atoms with Gasteiger partial charge in [0.05, 0.1) is 12.1 Å². The molecule has 0 amide bonds. The molecule has 118 valence electrons. The third-order valence-electron chi connectivity index (χ3n) is 4.99. The minimum absolute atomic E-state index is 0.828. The van der Waals surface area contributed by atoms with Crippen LogP contribution in [0.5, 0.6) is 5.75 Å². The van der Waals surface area contributed by atoms with Crippen LogP contribution in [0.1, 0.15) is 51.9 Å². The lowest BCUT2D eigenvalue weighted by atomic mass is 9.81. The Hall–Kier alpha value is -1.57. The largest absolute Gasteiger partial charge is 0.494 e. The summed E-state index contributed by atoms with van der Waals surface area (Å²) in [6, 6.07) is 10.2. The third kappa shape index (κ3) is 4.22. The van der Waals surface area contributed by atoms with Gasteiger partial charge in [0.2, 0.25) is 0 Å². The molecule has 3 rings (SSSR count). The molecule has 22 heavy (non-hydrogen) atoms. The van der Waals surface area contributed by atoms with Gasteiger partial charge in [0.25, 0.3) is 0 Å². The van der Waals surface area contributed by atoms with Crippen molar-refractivity contribution in [2.45, 2.75) is 51.9 Å². The molecule has 1 heterocycles. The maximum atomic E-state index is 5.89. The average molecular weight is 297 g/mol. The van der Waals surface area contributed by atoms with Crippen LogP contribution in [0.15, 0.2) is 36.5 Å². The summed E-state index contributed by atoms with van der Waals surface area (Å²) in [4.78, 5) is 4.33. The summed E-state index contributed by atoms with van der Waals surface area (Å²) in [6.45, 7) is 3.22. The standard InChI is InChI=1S/C20H27NO/c1-16-7-9-17(10-8-16)5-2-3-14-22-19-11-12-20-18(15-19)6-4-13-21-20/h4,6,11-13,15-17H,2-3,5,7-10,14H2,1H3. The Morgan fingerprint density at radius 1 is 1.09 bits per heavy atom. The highest BCUT2D eigenvalue weighted by atomic mass is 16.5. The van der Waals surface area contributed by atoms with Gasteiger partial charge in [-0.1, -0.05) is 45.1 Å². The summed E-state index contributed by atoms with van der Waals surface area (Å²) in [6.07, 6.45) is 11.4. The maximum Gasteiger partial charge on any atom is 0.120 e. The highest BCUT2D eigenvalue weighted by molar-refractivity contribution is 5.79. The number of benzene rings is 1. The first-order chi connectivity index (χ1) is 10.8. The quantitative estimate of drug-likeness (QED) is 0.646. The van der Waals surface area contributed by atoms with Gasteiger partial charge in [-0.15, -0.1) is 0 Å². The van der Waals surface area contributed by atoms with Crippen LogP contribution in [0, 0.1) is 11.8 Å². The zero-order valence-corrected chi connectivity index (χ0v) is 13.6. The molecule has 1 aromatic heterocycles. The molecule has 0 N–H and O–H groups in total. The molecule has 0 radical (unpaired) electrons. The lowest BCUT2D eigenvalue weighted by Gasteiger charge is -2.26. The molecule has 0 atom stereocenters. The molecule has 0 unspecified atom stereocenters. The molecule has 1 saturated carbocycles. The molecular weight excluding hydrogens is 270 g/mol. The Labute approximate surface area is 133 Å². The molecule has 0 bridgehead atoms. The van der Waals surface area contributed by atoms with E-state index in [1.807, 2.05) is 24.4 Å². The van der Waals surface area contributed by atoms with Gasteiger partial charge in [0.1, 0.15) is 5.75 Å². The summed E-state index contributed by atoms with van der Waals surface area (Å²) in [5, 5.41) is 1.15. The zero-order valence-electron chi connectivity index (χ0n) is 13.6. The average Bonchev–Trinajstić information content (AvgIpc) is 2.56. The van der Waals surface area contributed by atoms with Crippen LogP contribution in [0.3, 0.4) is 0 Å². The Morgan fingerprint density at radius 2 is 1.95 bits per heavy atom. The van der Waals surface area contributed by atoms with E-state index in [4.69, 9.17) is 4.74 Å². The molecular formula is C20H27NO. The van der Waals surface area contributed by atoms with Crippen LogP contribution in [-0.2, 0) is 0 Å². The second kappa shape index (κ2) is 7.62. The second-order valence-corrected chi connectivity index (χ2v) is 6.83. The number of ether oxygens (including phenoxy) is 1. The Kier molecular flexibility index (Phi) is 5.31. The predicted molar refractivity (Wildman–Crippen MR) is 92.2 cm³/mol. The van der Waals surface area contributed by atoms with Gasteiger partial charge in [-0.25, -0.2) is 0 Å². The highest BCUT2D eigenvalue weighted by Crippen LogP contribution is 2.31.